The third-order valence-corrected chi connectivity index (χ3v) is 4.47. The van der Waals surface area contributed by atoms with Gasteiger partial charge in [-0.2, -0.15) is 0 Å². The topological polar surface area (TPSA) is 26.2 Å². The number of benzene rings is 2. The normalized spacial score (nSPS) is 11.3. The van der Waals surface area contributed by atoms with E-state index >= 15 is 0 Å². The van der Waals surface area contributed by atoms with Gasteiger partial charge >= 0.3 is 0 Å². The molecule has 3 aromatic rings. The Morgan fingerprint density at radius 3 is 2.80 bits per heavy atom. The molecule has 0 fully saturated rings. The van der Waals surface area contributed by atoms with Crippen LogP contribution in [0.5, 0.6) is 0 Å². The molecule has 1 N–H and O–H groups in total. The fourth-order valence-corrected chi connectivity index (χ4v) is 3.27. The van der Waals surface area contributed by atoms with Crippen molar-refractivity contribution in [1.29, 1.82) is 0 Å². The van der Waals surface area contributed by atoms with Gasteiger partial charge in [-0.3, -0.25) is 0 Å². The second-order valence-electron chi connectivity index (χ2n) is 6.52. The van der Waals surface area contributed by atoms with Crippen LogP contribution in [0.25, 0.3) is 10.9 Å². The van der Waals surface area contributed by atoms with E-state index in [2.05, 4.69) is 71.5 Å². The lowest BCUT2D eigenvalue weighted by molar-refractivity contribution is 0.144. The maximum Gasteiger partial charge on any atom is 0.0486 e. The van der Waals surface area contributed by atoms with E-state index in [1.54, 1.807) is 0 Å². The van der Waals surface area contributed by atoms with Crippen LogP contribution in [0.4, 0.5) is 0 Å². The highest BCUT2D eigenvalue weighted by Gasteiger charge is 2.08. The van der Waals surface area contributed by atoms with Crippen LogP contribution in [0, 0.1) is 6.92 Å². The van der Waals surface area contributed by atoms with Gasteiger partial charge in [0.25, 0.3) is 0 Å². The van der Waals surface area contributed by atoms with Crippen molar-refractivity contribution < 1.29 is 4.74 Å². The SMILES string of the molecule is CCOCCCNCc1cn(Cc2cccc(C)c2)c2ccccc12. The molecule has 0 atom stereocenters. The number of hydrogen-bond donors (Lipinski definition) is 1. The second-order valence-corrected chi connectivity index (χ2v) is 6.52. The Balaban J connectivity index is 1.71. The van der Waals surface area contributed by atoms with Gasteiger partial charge in [0, 0.05) is 43.4 Å². The third-order valence-electron chi connectivity index (χ3n) is 4.47. The highest BCUT2D eigenvalue weighted by molar-refractivity contribution is 5.84. The first-order valence-corrected chi connectivity index (χ1v) is 9.18. The van der Waals surface area contributed by atoms with Crippen LogP contribution in [-0.4, -0.2) is 24.3 Å². The van der Waals surface area contributed by atoms with Crippen molar-refractivity contribution in [3.8, 4) is 0 Å². The number of hydrogen-bond acceptors (Lipinski definition) is 2. The number of para-hydroxylation sites is 1. The zero-order valence-corrected chi connectivity index (χ0v) is 15.3. The minimum absolute atomic E-state index is 0.798. The van der Waals surface area contributed by atoms with Crippen LogP contribution in [0.3, 0.4) is 0 Å². The van der Waals surface area contributed by atoms with Gasteiger partial charge in [0.2, 0.25) is 0 Å². The molecule has 0 spiro atoms. The summed E-state index contributed by atoms with van der Waals surface area (Å²) in [6.45, 7) is 8.60. The predicted octanol–water partition coefficient (Wildman–Crippen LogP) is 4.51. The van der Waals surface area contributed by atoms with E-state index in [0.29, 0.717) is 0 Å². The van der Waals surface area contributed by atoms with E-state index in [9.17, 15) is 0 Å². The molecule has 0 saturated carbocycles. The van der Waals surface area contributed by atoms with Crippen molar-refractivity contribution in [2.75, 3.05) is 19.8 Å². The summed E-state index contributed by atoms with van der Waals surface area (Å²) in [5, 5.41) is 4.89. The van der Waals surface area contributed by atoms with Gasteiger partial charge in [0.05, 0.1) is 0 Å². The molecule has 3 nitrogen and oxygen atoms in total. The number of ether oxygens (including phenoxy) is 1. The van der Waals surface area contributed by atoms with Gasteiger partial charge in [-0.05, 0) is 44.0 Å². The Hall–Kier alpha value is -2.10. The van der Waals surface area contributed by atoms with Crippen LogP contribution in [0.2, 0.25) is 0 Å². The molecule has 0 saturated heterocycles. The van der Waals surface area contributed by atoms with E-state index < -0.39 is 0 Å². The van der Waals surface area contributed by atoms with E-state index in [1.165, 1.54) is 27.6 Å². The van der Waals surface area contributed by atoms with E-state index in [-0.39, 0.29) is 0 Å². The van der Waals surface area contributed by atoms with Crippen LogP contribution >= 0.6 is 0 Å². The number of nitrogens with one attached hydrogen (secondary N) is 1. The van der Waals surface area contributed by atoms with Crippen LogP contribution in [0.1, 0.15) is 30.0 Å². The molecule has 3 heteroatoms. The molecule has 0 amide bonds. The molecule has 0 radical (unpaired) electrons. The maximum atomic E-state index is 5.39. The summed E-state index contributed by atoms with van der Waals surface area (Å²) in [6, 6.07) is 17.4. The lowest BCUT2D eigenvalue weighted by Crippen LogP contribution is -2.16. The molecule has 132 valence electrons. The maximum absolute atomic E-state index is 5.39. The largest absolute Gasteiger partial charge is 0.382 e. The smallest absolute Gasteiger partial charge is 0.0486 e. The summed E-state index contributed by atoms with van der Waals surface area (Å²) in [4.78, 5) is 0. The minimum atomic E-state index is 0.798. The number of rotatable bonds is 9. The Bertz CT molecular complexity index is 807. The van der Waals surface area contributed by atoms with Gasteiger partial charge < -0.3 is 14.6 Å². The molecular weight excluding hydrogens is 308 g/mol. The predicted molar refractivity (Wildman–Crippen MR) is 105 cm³/mol. The summed E-state index contributed by atoms with van der Waals surface area (Å²) < 4.78 is 7.75. The molecule has 25 heavy (non-hydrogen) atoms. The van der Waals surface area contributed by atoms with Crippen molar-refractivity contribution in [3.63, 3.8) is 0 Å². The number of fused-ring (bicyclic) bond motifs is 1. The lowest BCUT2D eigenvalue weighted by atomic mass is 10.1. The Morgan fingerprint density at radius 1 is 1.08 bits per heavy atom. The first kappa shape index (κ1) is 17.7. The molecule has 1 aromatic heterocycles. The second kappa shape index (κ2) is 8.84. The number of nitrogens with zero attached hydrogens (tertiary/aromatic N) is 1. The zero-order chi connectivity index (χ0) is 17.5. The number of aromatic nitrogens is 1. The first-order chi connectivity index (χ1) is 12.3. The monoisotopic (exact) mass is 336 g/mol. The Morgan fingerprint density at radius 2 is 1.96 bits per heavy atom. The zero-order valence-electron chi connectivity index (χ0n) is 15.3. The van der Waals surface area contributed by atoms with Gasteiger partial charge in [-0.25, -0.2) is 0 Å². The van der Waals surface area contributed by atoms with E-state index in [4.69, 9.17) is 4.74 Å². The molecule has 3 rings (SSSR count). The average molecular weight is 336 g/mol. The summed E-state index contributed by atoms with van der Waals surface area (Å²) in [7, 11) is 0. The molecule has 1 heterocycles. The molecule has 0 aliphatic heterocycles. The van der Waals surface area contributed by atoms with Crippen molar-refractivity contribution >= 4 is 10.9 Å². The van der Waals surface area contributed by atoms with Gasteiger partial charge in [0.15, 0.2) is 0 Å². The van der Waals surface area contributed by atoms with Crippen LogP contribution < -0.4 is 5.32 Å². The number of aryl methyl sites for hydroxylation is 1. The van der Waals surface area contributed by atoms with Gasteiger partial charge in [-0.1, -0.05) is 48.0 Å². The summed E-state index contributed by atoms with van der Waals surface area (Å²) in [6.07, 6.45) is 3.35. The van der Waals surface area contributed by atoms with Crippen molar-refractivity contribution in [2.45, 2.75) is 33.4 Å². The highest BCUT2D eigenvalue weighted by Crippen LogP contribution is 2.22. The Kier molecular flexibility index (Phi) is 6.26. The minimum Gasteiger partial charge on any atom is -0.382 e. The quantitative estimate of drug-likeness (QED) is 0.582. The van der Waals surface area contributed by atoms with E-state index in [1.807, 2.05) is 6.92 Å². The van der Waals surface area contributed by atoms with Gasteiger partial charge in [-0.15, -0.1) is 0 Å². The van der Waals surface area contributed by atoms with Gasteiger partial charge in [0.1, 0.15) is 0 Å². The highest BCUT2D eigenvalue weighted by atomic mass is 16.5. The summed E-state index contributed by atoms with van der Waals surface area (Å²) in [5.41, 5.74) is 5.32. The molecule has 2 aromatic carbocycles. The fourth-order valence-electron chi connectivity index (χ4n) is 3.27. The molecular formula is C22H28N2O. The van der Waals surface area contributed by atoms with Crippen molar-refractivity contribution in [1.82, 2.24) is 9.88 Å². The molecule has 0 aliphatic rings. The fraction of sp³-hybridized carbons (Fsp3) is 0.364. The van der Waals surface area contributed by atoms with Crippen molar-refractivity contribution in [2.24, 2.45) is 0 Å². The Labute approximate surface area is 150 Å². The third kappa shape index (κ3) is 4.71. The first-order valence-electron chi connectivity index (χ1n) is 9.18. The van der Waals surface area contributed by atoms with Crippen molar-refractivity contribution in [3.05, 3.63) is 71.4 Å². The molecule has 0 bridgehead atoms. The lowest BCUT2D eigenvalue weighted by Gasteiger charge is -2.06. The molecule has 0 unspecified atom stereocenters. The summed E-state index contributed by atoms with van der Waals surface area (Å²) >= 11 is 0. The van der Waals surface area contributed by atoms with Crippen LogP contribution in [-0.2, 0) is 17.8 Å². The average Bonchev–Trinajstić information content (AvgIpc) is 2.96. The van der Waals surface area contributed by atoms with Crippen LogP contribution in [0.15, 0.2) is 54.7 Å². The molecule has 0 aliphatic carbocycles. The summed E-state index contributed by atoms with van der Waals surface area (Å²) in [5.74, 6) is 0. The van der Waals surface area contributed by atoms with E-state index in [0.717, 1.165) is 39.3 Å². The standard InChI is InChI=1S/C22H28N2O/c1-3-25-13-7-12-23-15-20-17-24(22-11-5-4-10-21(20)22)16-19-9-6-8-18(2)14-19/h4-6,8-11,14,17,23H,3,7,12-13,15-16H2,1-2H3.